The average molecular weight is 396 g/mol. The Labute approximate surface area is 153 Å². The third-order valence-corrected chi connectivity index (χ3v) is 3.87. The lowest BCUT2D eigenvalue weighted by Gasteiger charge is -2.19. The second-order valence-electron chi connectivity index (χ2n) is 5.75. The van der Waals surface area contributed by atoms with Gasteiger partial charge in [0.2, 0.25) is 5.78 Å². The molecule has 10 nitrogen and oxygen atoms in total. The number of carbonyl (C=O) groups excluding carboxylic acids is 2. The van der Waals surface area contributed by atoms with Crippen LogP contribution in [0.25, 0.3) is 5.82 Å². The van der Waals surface area contributed by atoms with E-state index in [0.717, 1.165) is 30.4 Å². The molecule has 1 amide bonds. The van der Waals surface area contributed by atoms with Crippen molar-refractivity contribution in [3.05, 3.63) is 50.4 Å². The Hall–Kier alpha value is -3.64. The van der Waals surface area contributed by atoms with Gasteiger partial charge in [-0.3, -0.25) is 14.4 Å². The zero-order chi connectivity index (χ0) is 20.8. The molecule has 1 aliphatic heterocycles. The molecule has 0 saturated carbocycles. The van der Waals surface area contributed by atoms with Gasteiger partial charge in [0.1, 0.15) is 23.1 Å². The van der Waals surface area contributed by atoms with E-state index >= 15 is 0 Å². The molecule has 2 aromatic heterocycles. The molecule has 2 aromatic rings. The number of alkyl halides is 3. The van der Waals surface area contributed by atoms with Crippen molar-refractivity contribution >= 4 is 17.9 Å². The first-order valence-corrected chi connectivity index (χ1v) is 7.63. The summed E-state index contributed by atoms with van der Waals surface area (Å²) in [6, 6.07) is 2.67. The molecule has 1 unspecified atom stereocenters. The van der Waals surface area contributed by atoms with E-state index < -0.39 is 52.2 Å². The molecule has 146 valence electrons. The van der Waals surface area contributed by atoms with Crippen LogP contribution in [0, 0.1) is 0 Å². The zero-order valence-electron chi connectivity index (χ0n) is 14.3. The summed E-state index contributed by atoms with van der Waals surface area (Å²) in [6.45, 7) is 0. The van der Waals surface area contributed by atoms with Crippen LogP contribution in [-0.4, -0.2) is 49.3 Å². The Morgan fingerprint density at radius 2 is 1.75 bits per heavy atom. The molecule has 1 aliphatic rings. The van der Waals surface area contributed by atoms with Gasteiger partial charge >= 0.3 is 17.8 Å². The SMILES string of the molecule is CN1N=CC(c2nn(C)c(=O)n(-c3cccc(C(F)(F)F)n3)c2=O)C(=O)C1=O. The Balaban J connectivity index is 2.25. The molecule has 28 heavy (non-hydrogen) atoms. The minimum Gasteiger partial charge on any atom is -0.287 e. The fraction of sp³-hybridized carbons (Fsp3) is 0.267. The van der Waals surface area contributed by atoms with Crippen molar-refractivity contribution in [2.75, 3.05) is 7.05 Å². The molecule has 0 aromatic carbocycles. The fourth-order valence-corrected chi connectivity index (χ4v) is 2.47. The van der Waals surface area contributed by atoms with Crippen molar-refractivity contribution < 1.29 is 22.8 Å². The summed E-state index contributed by atoms with van der Waals surface area (Å²) in [5.41, 5.74) is -4.12. The molecule has 1 atom stereocenters. The minimum absolute atomic E-state index is 0.349. The Bertz CT molecular complexity index is 1130. The molecule has 3 heterocycles. The second-order valence-corrected chi connectivity index (χ2v) is 5.75. The van der Waals surface area contributed by atoms with E-state index in [1.807, 2.05) is 0 Å². The van der Waals surface area contributed by atoms with Crippen LogP contribution in [0.3, 0.4) is 0 Å². The third-order valence-electron chi connectivity index (χ3n) is 3.87. The number of hydrazone groups is 1. The van der Waals surface area contributed by atoms with Crippen LogP contribution < -0.4 is 11.2 Å². The molecule has 0 bridgehead atoms. The van der Waals surface area contributed by atoms with Crippen molar-refractivity contribution in [2.45, 2.75) is 12.1 Å². The predicted molar refractivity (Wildman–Crippen MR) is 86.9 cm³/mol. The second kappa shape index (κ2) is 6.51. The number of hydrogen-bond donors (Lipinski definition) is 0. The first-order valence-electron chi connectivity index (χ1n) is 7.63. The number of likely N-dealkylation sites (N-methyl/N-ethyl adjacent to an activating group) is 1. The molecule has 0 aliphatic carbocycles. The lowest BCUT2D eigenvalue weighted by molar-refractivity contribution is -0.144. The fourth-order valence-electron chi connectivity index (χ4n) is 2.47. The summed E-state index contributed by atoms with van der Waals surface area (Å²) in [5, 5.41) is 8.12. The van der Waals surface area contributed by atoms with E-state index in [2.05, 4.69) is 15.2 Å². The molecule has 3 rings (SSSR count). The first-order chi connectivity index (χ1) is 13.0. The van der Waals surface area contributed by atoms with Gasteiger partial charge in [0.05, 0.1) is 0 Å². The Kier molecular flexibility index (Phi) is 4.45. The average Bonchev–Trinajstić information content (AvgIpc) is 2.63. The summed E-state index contributed by atoms with van der Waals surface area (Å²) in [5.74, 6) is -4.12. The summed E-state index contributed by atoms with van der Waals surface area (Å²) in [7, 11) is 2.36. The highest BCUT2D eigenvalue weighted by molar-refractivity contribution is 6.42. The van der Waals surface area contributed by atoms with E-state index in [-0.39, 0.29) is 0 Å². The molecule has 0 saturated heterocycles. The number of hydrogen-bond acceptors (Lipinski definition) is 7. The van der Waals surface area contributed by atoms with Gasteiger partial charge in [-0.05, 0) is 12.1 Å². The lowest BCUT2D eigenvalue weighted by atomic mass is 10.00. The van der Waals surface area contributed by atoms with Crippen LogP contribution in [0.1, 0.15) is 17.3 Å². The minimum atomic E-state index is -4.80. The number of nitrogens with zero attached hydrogens (tertiary/aromatic N) is 6. The normalized spacial score (nSPS) is 17.3. The zero-order valence-corrected chi connectivity index (χ0v) is 14.3. The Morgan fingerprint density at radius 1 is 1.07 bits per heavy atom. The summed E-state index contributed by atoms with van der Waals surface area (Å²) in [6.07, 6.45) is -3.81. The van der Waals surface area contributed by atoms with Gasteiger partial charge in [0.25, 0.3) is 5.56 Å². The van der Waals surface area contributed by atoms with Crippen LogP contribution in [0.2, 0.25) is 0 Å². The number of pyridine rings is 1. The van der Waals surface area contributed by atoms with E-state index in [1.54, 1.807) is 0 Å². The number of amides is 1. The third kappa shape index (κ3) is 3.10. The number of aryl methyl sites for hydroxylation is 1. The quantitative estimate of drug-likeness (QED) is 0.629. The van der Waals surface area contributed by atoms with E-state index in [1.165, 1.54) is 7.05 Å². The van der Waals surface area contributed by atoms with Gasteiger partial charge in [-0.25, -0.2) is 24.0 Å². The standard InChI is InChI=1S/C15H11F3N6O4/c1-22-13(27)11(25)7(6-19-22)10-12(26)24(14(28)23(2)21-10)9-5-3-4-8(20-9)15(16,17)18/h3-7H,1-2H3. The van der Waals surface area contributed by atoms with E-state index in [4.69, 9.17) is 0 Å². The molecule has 0 fully saturated rings. The van der Waals surface area contributed by atoms with Crippen molar-refractivity contribution in [2.24, 2.45) is 12.1 Å². The van der Waals surface area contributed by atoms with E-state index in [9.17, 15) is 32.3 Å². The smallest absolute Gasteiger partial charge is 0.287 e. The van der Waals surface area contributed by atoms with Gasteiger partial charge in [-0.15, -0.1) is 0 Å². The predicted octanol–water partition coefficient (Wildman–Crippen LogP) is -0.545. The number of ketones is 1. The highest BCUT2D eigenvalue weighted by atomic mass is 19.4. The van der Waals surface area contributed by atoms with Gasteiger partial charge in [-0.1, -0.05) is 6.07 Å². The summed E-state index contributed by atoms with van der Waals surface area (Å²) < 4.78 is 39.7. The number of Topliss-reactive ketones (excluding diaryl/α,β-unsaturated/α-hetero) is 1. The molecule has 0 spiro atoms. The van der Waals surface area contributed by atoms with Gasteiger partial charge in [0, 0.05) is 20.3 Å². The number of carbonyl (C=O) groups is 2. The maximum atomic E-state index is 12.9. The monoisotopic (exact) mass is 396 g/mol. The van der Waals surface area contributed by atoms with Gasteiger partial charge in [0.15, 0.2) is 0 Å². The largest absolute Gasteiger partial charge is 0.433 e. The number of rotatable bonds is 2. The topological polar surface area (TPSA) is 120 Å². The maximum Gasteiger partial charge on any atom is 0.433 e. The number of aromatic nitrogens is 4. The molecule has 13 heteroatoms. The first kappa shape index (κ1) is 19.1. The molecule has 0 N–H and O–H groups in total. The molecular weight excluding hydrogens is 385 g/mol. The highest BCUT2D eigenvalue weighted by Crippen LogP contribution is 2.27. The molecular formula is C15H11F3N6O4. The van der Waals surface area contributed by atoms with Crippen molar-refractivity contribution in [1.29, 1.82) is 0 Å². The van der Waals surface area contributed by atoms with E-state index in [0.29, 0.717) is 15.3 Å². The van der Waals surface area contributed by atoms with Crippen LogP contribution in [0.15, 0.2) is 32.9 Å². The Morgan fingerprint density at radius 3 is 2.39 bits per heavy atom. The van der Waals surface area contributed by atoms with Crippen molar-refractivity contribution in [3.63, 3.8) is 0 Å². The van der Waals surface area contributed by atoms with Crippen LogP contribution in [0.4, 0.5) is 13.2 Å². The summed E-state index contributed by atoms with van der Waals surface area (Å²) >= 11 is 0. The van der Waals surface area contributed by atoms with Crippen molar-refractivity contribution in [1.82, 2.24) is 24.3 Å². The van der Waals surface area contributed by atoms with Gasteiger partial charge in [-0.2, -0.15) is 23.4 Å². The van der Waals surface area contributed by atoms with Crippen LogP contribution in [0.5, 0.6) is 0 Å². The van der Waals surface area contributed by atoms with Crippen LogP contribution in [-0.2, 0) is 22.8 Å². The van der Waals surface area contributed by atoms with Gasteiger partial charge < -0.3 is 0 Å². The van der Waals surface area contributed by atoms with Crippen molar-refractivity contribution in [3.8, 4) is 5.82 Å². The summed E-state index contributed by atoms with van der Waals surface area (Å²) in [4.78, 5) is 52.4. The van der Waals surface area contributed by atoms with Crippen LogP contribution >= 0.6 is 0 Å². The number of halogens is 3. The lowest BCUT2D eigenvalue weighted by Crippen LogP contribution is -2.46. The molecule has 0 radical (unpaired) electrons. The maximum absolute atomic E-state index is 12.9. The highest BCUT2D eigenvalue weighted by Gasteiger charge is 2.36.